The molecule has 2 saturated heterocycles. The molecule has 1 spiro atoms. The van der Waals surface area contributed by atoms with Crippen molar-refractivity contribution in [1.82, 2.24) is 15.1 Å². The molecule has 3 fully saturated rings. The smallest absolute Gasteiger partial charge is 0.325 e. The van der Waals surface area contributed by atoms with Crippen molar-refractivity contribution in [2.24, 2.45) is 5.73 Å². The maximum absolute atomic E-state index is 12.7. The minimum absolute atomic E-state index is 0.00235. The van der Waals surface area contributed by atoms with Gasteiger partial charge in [-0.15, -0.1) is 0 Å². The predicted molar refractivity (Wildman–Crippen MR) is 84.4 cm³/mol. The number of piperidine rings is 1. The number of rotatable bonds is 3. The highest BCUT2D eigenvalue weighted by atomic mass is 16.2. The van der Waals surface area contributed by atoms with Gasteiger partial charge in [-0.05, 0) is 39.0 Å². The van der Waals surface area contributed by atoms with Gasteiger partial charge in [0.25, 0.3) is 5.91 Å². The third-order valence-electron chi connectivity index (χ3n) is 5.47. The number of likely N-dealkylation sites (tertiary alicyclic amines) is 1. The number of amides is 4. The lowest BCUT2D eigenvalue weighted by Crippen LogP contribution is -2.54. The molecular formula is C16H26N4O3. The zero-order valence-corrected chi connectivity index (χ0v) is 13.7. The van der Waals surface area contributed by atoms with Gasteiger partial charge in [0.1, 0.15) is 12.1 Å². The molecule has 0 aromatic rings. The third-order valence-corrected chi connectivity index (χ3v) is 5.47. The van der Waals surface area contributed by atoms with Crippen molar-refractivity contribution in [3.63, 3.8) is 0 Å². The average Bonchev–Trinajstić information content (AvgIpc) is 3.08. The van der Waals surface area contributed by atoms with E-state index in [1.54, 1.807) is 4.90 Å². The fourth-order valence-electron chi connectivity index (χ4n) is 4.18. The maximum atomic E-state index is 12.7. The van der Waals surface area contributed by atoms with Crippen LogP contribution in [0, 0.1) is 0 Å². The standard InChI is InChI=1S/C16H26N4O3/c1-11(17)12-6-2-5-9-19(12)13(21)10-20-14(22)16(18-15(20)23)7-3-4-8-16/h11-12H,2-10,17H2,1H3,(H,18,23). The molecule has 3 rings (SSSR count). The Morgan fingerprint density at radius 1 is 1.30 bits per heavy atom. The van der Waals surface area contributed by atoms with Gasteiger partial charge in [0.05, 0.1) is 0 Å². The number of urea groups is 1. The summed E-state index contributed by atoms with van der Waals surface area (Å²) in [5.41, 5.74) is 5.25. The molecule has 1 aliphatic carbocycles. The lowest BCUT2D eigenvalue weighted by atomic mass is 9.96. The first kappa shape index (κ1) is 16.2. The quantitative estimate of drug-likeness (QED) is 0.743. The molecule has 3 aliphatic rings. The van der Waals surface area contributed by atoms with Gasteiger partial charge >= 0.3 is 6.03 Å². The zero-order valence-electron chi connectivity index (χ0n) is 13.7. The van der Waals surface area contributed by atoms with E-state index in [4.69, 9.17) is 5.73 Å². The molecule has 0 radical (unpaired) electrons. The second-order valence-corrected chi connectivity index (χ2v) is 7.12. The van der Waals surface area contributed by atoms with Crippen LogP contribution in [0.2, 0.25) is 0 Å². The highest BCUT2D eigenvalue weighted by molar-refractivity contribution is 6.09. The maximum Gasteiger partial charge on any atom is 0.325 e. The number of nitrogens with one attached hydrogen (secondary N) is 1. The lowest BCUT2D eigenvalue weighted by Gasteiger charge is -2.38. The molecule has 0 aromatic heterocycles. The van der Waals surface area contributed by atoms with Crippen LogP contribution in [-0.4, -0.2) is 58.4 Å². The first-order valence-electron chi connectivity index (χ1n) is 8.64. The van der Waals surface area contributed by atoms with Crippen LogP contribution in [0.25, 0.3) is 0 Å². The van der Waals surface area contributed by atoms with Crippen LogP contribution in [0.1, 0.15) is 51.9 Å². The Kier molecular flexibility index (Phi) is 4.31. The monoisotopic (exact) mass is 322 g/mol. The summed E-state index contributed by atoms with van der Waals surface area (Å²) in [6, 6.07) is -0.541. The van der Waals surface area contributed by atoms with Crippen molar-refractivity contribution >= 4 is 17.8 Å². The van der Waals surface area contributed by atoms with E-state index >= 15 is 0 Å². The van der Waals surface area contributed by atoms with Crippen LogP contribution < -0.4 is 11.1 Å². The molecule has 2 aliphatic heterocycles. The first-order valence-corrected chi connectivity index (χ1v) is 8.64. The Morgan fingerprint density at radius 3 is 2.65 bits per heavy atom. The van der Waals surface area contributed by atoms with Crippen molar-refractivity contribution in [2.45, 2.75) is 69.5 Å². The summed E-state index contributed by atoms with van der Waals surface area (Å²) in [4.78, 5) is 40.3. The van der Waals surface area contributed by atoms with E-state index in [1.165, 1.54) is 0 Å². The predicted octanol–water partition coefficient (Wildman–Crippen LogP) is 0.579. The molecule has 2 atom stereocenters. The summed E-state index contributed by atoms with van der Waals surface area (Å²) in [6.07, 6.45) is 6.11. The van der Waals surface area contributed by atoms with Crippen molar-refractivity contribution in [1.29, 1.82) is 0 Å². The average molecular weight is 322 g/mol. The Morgan fingerprint density at radius 2 is 2.00 bits per heavy atom. The number of hydrogen-bond acceptors (Lipinski definition) is 4. The zero-order chi connectivity index (χ0) is 16.6. The van der Waals surface area contributed by atoms with Crippen LogP contribution >= 0.6 is 0 Å². The van der Waals surface area contributed by atoms with Gasteiger partial charge in [-0.25, -0.2) is 4.79 Å². The van der Waals surface area contributed by atoms with Gasteiger partial charge < -0.3 is 16.0 Å². The molecule has 0 bridgehead atoms. The van der Waals surface area contributed by atoms with Crippen LogP contribution in [0.5, 0.6) is 0 Å². The van der Waals surface area contributed by atoms with Crippen molar-refractivity contribution in [3.8, 4) is 0 Å². The fourth-order valence-corrected chi connectivity index (χ4v) is 4.18. The largest absolute Gasteiger partial charge is 0.337 e. The molecule has 4 amide bonds. The minimum Gasteiger partial charge on any atom is -0.337 e. The van der Waals surface area contributed by atoms with Gasteiger partial charge in [0.15, 0.2) is 0 Å². The lowest BCUT2D eigenvalue weighted by molar-refractivity contribution is -0.141. The SMILES string of the molecule is CC(N)C1CCCCN1C(=O)CN1C(=O)NC2(CCCC2)C1=O. The Hall–Kier alpha value is -1.63. The van der Waals surface area contributed by atoms with E-state index in [1.807, 2.05) is 6.92 Å². The molecule has 23 heavy (non-hydrogen) atoms. The first-order chi connectivity index (χ1) is 10.9. The normalized spacial score (nSPS) is 28.3. The molecular weight excluding hydrogens is 296 g/mol. The van der Waals surface area contributed by atoms with Gasteiger partial charge in [0.2, 0.25) is 5.91 Å². The number of nitrogens with zero attached hydrogens (tertiary/aromatic N) is 2. The summed E-state index contributed by atoms with van der Waals surface area (Å²) in [5, 5.41) is 2.81. The van der Waals surface area contributed by atoms with E-state index in [9.17, 15) is 14.4 Å². The van der Waals surface area contributed by atoms with Crippen molar-refractivity contribution in [3.05, 3.63) is 0 Å². The minimum atomic E-state index is -0.750. The summed E-state index contributed by atoms with van der Waals surface area (Å²) in [6.45, 7) is 2.38. The number of carbonyl (C=O) groups is 3. The number of nitrogens with two attached hydrogens (primary N) is 1. The van der Waals surface area contributed by atoms with Gasteiger partial charge in [-0.1, -0.05) is 12.8 Å². The second kappa shape index (κ2) is 6.11. The van der Waals surface area contributed by atoms with Crippen LogP contribution in [0.15, 0.2) is 0 Å². The topological polar surface area (TPSA) is 95.7 Å². The number of hydrogen-bond donors (Lipinski definition) is 2. The molecule has 128 valence electrons. The Balaban J connectivity index is 1.69. The summed E-state index contributed by atoms with van der Waals surface area (Å²) < 4.78 is 0. The summed E-state index contributed by atoms with van der Waals surface area (Å²) >= 11 is 0. The van der Waals surface area contributed by atoms with E-state index in [-0.39, 0.29) is 30.4 Å². The second-order valence-electron chi connectivity index (χ2n) is 7.12. The molecule has 2 unspecified atom stereocenters. The van der Waals surface area contributed by atoms with Crippen molar-refractivity contribution < 1.29 is 14.4 Å². The molecule has 3 N–H and O–H groups in total. The van der Waals surface area contributed by atoms with Crippen LogP contribution in [-0.2, 0) is 9.59 Å². The fraction of sp³-hybridized carbons (Fsp3) is 0.812. The molecule has 7 nitrogen and oxygen atoms in total. The van der Waals surface area contributed by atoms with Crippen molar-refractivity contribution in [2.75, 3.05) is 13.1 Å². The van der Waals surface area contributed by atoms with Crippen LogP contribution in [0.4, 0.5) is 4.79 Å². The molecule has 1 saturated carbocycles. The van der Waals surface area contributed by atoms with E-state index in [0.717, 1.165) is 37.0 Å². The van der Waals surface area contributed by atoms with Gasteiger partial charge in [-0.2, -0.15) is 0 Å². The van der Waals surface area contributed by atoms with E-state index in [0.29, 0.717) is 19.4 Å². The van der Waals surface area contributed by atoms with E-state index < -0.39 is 11.6 Å². The number of carbonyl (C=O) groups excluding carboxylic acids is 3. The van der Waals surface area contributed by atoms with Gasteiger partial charge in [-0.3, -0.25) is 14.5 Å². The Labute approximate surface area is 136 Å². The molecule has 7 heteroatoms. The highest BCUT2D eigenvalue weighted by Gasteiger charge is 2.53. The van der Waals surface area contributed by atoms with Gasteiger partial charge in [0, 0.05) is 18.6 Å². The highest BCUT2D eigenvalue weighted by Crippen LogP contribution is 2.35. The summed E-state index contributed by atoms with van der Waals surface area (Å²) in [7, 11) is 0. The number of imide groups is 1. The van der Waals surface area contributed by atoms with Crippen LogP contribution in [0.3, 0.4) is 0 Å². The van der Waals surface area contributed by atoms with E-state index in [2.05, 4.69) is 5.32 Å². The Bertz CT molecular complexity index is 513. The summed E-state index contributed by atoms with van der Waals surface area (Å²) in [5.74, 6) is -0.409. The molecule has 2 heterocycles. The third kappa shape index (κ3) is 2.82. The molecule has 0 aromatic carbocycles.